The number of nitrogens with one attached hydrogen (secondary N) is 1. The highest BCUT2D eigenvalue weighted by molar-refractivity contribution is 5.91. The number of fused-ring (bicyclic) bond motifs is 1. The van der Waals surface area contributed by atoms with Gasteiger partial charge in [0.25, 0.3) is 0 Å². The maximum Gasteiger partial charge on any atom is 0.337 e. The second-order valence-electron chi connectivity index (χ2n) is 11.1. The van der Waals surface area contributed by atoms with Gasteiger partial charge in [0.2, 0.25) is 11.8 Å². The van der Waals surface area contributed by atoms with Crippen molar-refractivity contribution in [1.82, 2.24) is 10.2 Å². The number of rotatable bonds is 8. The first-order chi connectivity index (χ1) is 20.5. The Morgan fingerprint density at radius 2 is 1.64 bits per heavy atom. The molecular weight excluding hydrogens is 524 g/mol. The number of ether oxygens (including phenoxy) is 1. The molecule has 212 valence electrons. The predicted octanol–water partition coefficient (Wildman–Crippen LogP) is 5.69. The lowest BCUT2D eigenvalue weighted by molar-refractivity contribution is -0.131. The van der Waals surface area contributed by atoms with Crippen molar-refractivity contribution in [2.24, 2.45) is 5.92 Å². The van der Waals surface area contributed by atoms with Crippen LogP contribution >= 0.6 is 0 Å². The predicted molar refractivity (Wildman–Crippen MR) is 162 cm³/mol. The smallest absolute Gasteiger partial charge is 0.337 e. The van der Waals surface area contributed by atoms with Gasteiger partial charge in [-0.1, -0.05) is 84.9 Å². The Morgan fingerprint density at radius 1 is 0.881 bits per heavy atom. The maximum absolute atomic E-state index is 13.3. The van der Waals surface area contributed by atoms with E-state index in [2.05, 4.69) is 23.5 Å². The molecule has 6 heteroatoms. The molecule has 0 aromatic heterocycles. The molecule has 1 saturated carbocycles. The summed E-state index contributed by atoms with van der Waals surface area (Å²) in [6.07, 6.45) is 1.91. The number of hydrogen-bond acceptors (Lipinski definition) is 4. The van der Waals surface area contributed by atoms with E-state index in [4.69, 9.17) is 4.74 Å². The van der Waals surface area contributed by atoms with Crippen molar-refractivity contribution in [3.8, 4) is 11.1 Å². The van der Waals surface area contributed by atoms with Crippen molar-refractivity contribution in [1.29, 1.82) is 0 Å². The number of hydrogen-bond donors (Lipinski definition) is 1. The van der Waals surface area contributed by atoms with Crippen molar-refractivity contribution in [3.63, 3.8) is 0 Å². The Morgan fingerprint density at radius 3 is 2.40 bits per heavy atom. The summed E-state index contributed by atoms with van der Waals surface area (Å²) in [4.78, 5) is 40.6. The van der Waals surface area contributed by atoms with Crippen LogP contribution in [-0.4, -0.2) is 36.3 Å². The molecule has 0 radical (unpaired) electrons. The third kappa shape index (κ3) is 5.84. The van der Waals surface area contributed by atoms with E-state index < -0.39 is 0 Å². The van der Waals surface area contributed by atoms with E-state index in [0.717, 1.165) is 39.8 Å². The fourth-order valence-corrected chi connectivity index (χ4v) is 6.07. The number of amides is 2. The number of nitrogens with zero attached hydrogens (tertiary/aromatic N) is 1. The number of carbonyl (C=O) groups is 3. The van der Waals surface area contributed by atoms with E-state index in [1.807, 2.05) is 77.7 Å². The molecular formula is C36H34N2O4. The highest BCUT2D eigenvalue weighted by Gasteiger charge is 2.43. The van der Waals surface area contributed by atoms with Crippen molar-refractivity contribution < 1.29 is 19.1 Å². The second-order valence-corrected chi connectivity index (χ2v) is 11.1. The Hall–Kier alpha value is -4.71. The summed E-state index contributed by atoms with van der Waals surface area (Å²) in [5.41, 5.74) is 7.89. The average molecular weight is 559 g/mol. The van der Waals surface area contributed by atoms with Crippen LogP contribution in [0.4, 0.5) is 0 Å². The van der Waals surface area contributed by atoms with Crippen LogP contribution in [0.1, 0.15) is 50.5 Å². The molecule has 1 fully saturated rings. The monoisotopic (exact) mass is 558 g/mol. The second kappa shape index (κ2) is 12.0. The van der Waals surface area contributed by atoms with Gasteiger partial charge in [0.1, 0.15) is 0 Å². The van der Waals surface area contributed by atoms with Crippen LogP contribution in [0.5, 0.6) is 0 Å². The lowest BCUT2D eigenvalue weighted by Gasteiger charge is -2.32. The van der Waals surface area contributed by atoms with Gasteiger partial charge >= 0.3 is 5.97 Å². The number of benzene rings is 4. The minimum absolute atomic E-state index is 0.00694. The van der Waals surface area contributed by atoms with Crippen molar-refractivity contribution in [2.75, 3.05) is 13.7 Å². The van der Waals surface area contributed by atoms with Gasteiger partial charge in [0, 0.05) is 25.6 Å². The molecule has 1 aliphatic heterocycles. The highest BCUT2D eigenvalue weighted by atomic mass is 16.5. The molecule has 1 N–H and O–H groups in total. The minimum Gasteiger partial charge on any atom is -0.465 e. The third-order valence-corrected chi connectivity index (χ3v) is 8.46. The normalized spacial score (nSPS) is 17.2. The van der Waals surface area contributed by atoms with Gasteiger partial charge < -0.3 is 15.0 Å². The van der Waals surface area contributed by atoms with Gasteiger partial charge in [-0.25, -0.2) is 4.79 Å². The van der Waals surface area contributed by atoms with Gasteiger partial charge in [-0.05, 0) is 69.8 Å². The van der Waals surface area contributed by atoms with Crippen LogP contribution in [0.15, 0.2) is 97.1 Å². The zero-order valence-corrected chi connectivity index (χ0v) is 23.7. The molecule has 0 saturated heterocycles. The largest absolute Gasteiger partial charge is 0.465 e. The zero-order chi connectivity index (χ0) is 29.1. The summed E-state index contributed by atoms with van der Waals surface area (Å²) in [6.45, 7) is 1.49. The topological polar surface area (TPSA) is 75.7 Å². The highest BCUT2D eigenvalue weighted by Crippen LogP contribution is 2.47. The molecule has 1 aliphatic carbocycles. The summed E-state index contributed by atoms with van der Waals surface area (Å²) in [7, 11) is 1.38. The summed E-state index contributed by atoms with van der Waals surface area (Å²) >= 11 is 0. The molecule has 1 heterocycles. The van der Waals surface area contributed by atoms with Crippen molar-refractivity contribution in [3.05, 3.63) is 130 Å². The SMILES string of the molecule is COC(=O)c1cccc(-c2ccc(CNC(=O)[C@H]3C[C@@H]3c3ccccc3)c3c2CCN(C(=O)Cc2ccccc2)C3)c1. The number of carbonyl (C=O) groups excluding carboxylic acids is 3. The molecule has 6 rings (SSSR count). The van der Waals surface area contributed by atoms with E-state index in [0.29, 0.717) is 38.0 Å². The van der Waals surface area contributed by atoms with Crippen LogP contribution < -0.4 is 5.32 Å². The van der Waals surface area contributed by atoms with Gasteiger partial charge in [0.05, 0.1) is 19.1 Å². The quantitative estimate of drug-likeness (QED) is 0.282. The fourth-order valence-electron chi connectivity index (χ4n) is 6.07. The maximum atomic E-state index is 13.3. The van der Waals surface area contributed by atoms with Crippen LogP contribution in [0, 0.1) is 5.92 Å². The van der Waals surface area contributed by atoms with E-state index >= 15 is 0 Å². The molecule has 2 amide bonds. The molecule has 0 spiro atoms. The summed E-state index contributed by atoms with van der Waals surface area (Å²) < 4.78 is 4.94. The van der Waals surface area contributed by atoms with Gasteiger partial charge in [-0.2, -0.15) is 0 Å². The molecule has 42 heavy (non-hydrogen) atoms. The third-order valence-electron chi connectivity index (χ3n) is 8.46. The summed E-state index contributed by atoms with van der Waals surface area (Å²) in [5, 5.41) is 3.18. The van der Waals surface area contributed by atoms with Gasteiger partial charge in [-0.3, -0.25) is 9.59 Å². The summed E-state index contributed by atoms with van der Waals surface area (Å²) in [6, 6.07) is 31.6. The van der Waals surface area contributed by atoms with Crippen LogP contribution in [0.2, 0.25) is 0 Å². The first-order valence-electron chi connectivity index (χ1n) is 14.5. The van der Waals surface area contributed by atoms with Crippen molar-refractivity contribution >= 4 is 17.8 Å². The standard InChI is InChI=1S/C36H34N2O4/c1-42-36(41)27-14-8-13-26(20-27)29-16-15-28(22-37-35(40)32-21-31(32)25-11-6-3-7-12-25)33-23-38(18-17-30(29)33)34(39)19-24-9-4-2-5-10-24/h2-16,20,31-32H,17-19,21-23H2,1H3,(H,37,40)/t31-,32+/m1/s1. The lowest BCUT2D eigenvalue weighted by atomic mass is 9.87. The molecule has 4 aromatic carbocycles. The molecule has 6 nitrogen and oxygen atoms in total. The Kier molecular flexibility index (Phi) is 7.87. The fraction of sp³-hybridized carbons (Fsp3) is 0.250. The first kappa shape index (κ1) is 27.5. The van der Waals surface area contributed by atoms with Crippen molar-refractivity contribution in [2.45, 2.75) is 38.3 Å². The minimum atomic E-state index is -0.378. The Labute approximate surface area is 246 Å². The number of methoxy groups -OCH3 is 1. The van der Waals surface area contributed by atoms with Gasteiger partial charge in [0.15, 0.2) is 0 Å². The van der Waals surface area contributed by atoms with Crippen LogP contribution in [0.3, 0.4) is 0 Å². The number of esters is 1. The zero-order valence-electron chi connectivity index (χ0n) is 23.7. The summed E-state index contributed by atoms with van der Waals surface area (Å²) in [5.74, 6) is 0.0451. The first-order valence-corrected chi connectivity index (χ1v) is 14.5. The van der Waals surface area contributed by atoms with Crippen LogP contribution in [0.25, 0.3) is 11.1 Å². The molecule has 4 aromatic rings. The molecule has 0 unspecified atom stereocenters. The van der Waals surface area contributed by atoms with E-state index in [1.54, 1.807) is 6.07 Å². The van der Waals surface area contributed by atoms with E-state index in [-0.39, 0.29) is 29.6 Å². The molecule has 0 bridgehead atoms. The average Bonchev–Trinajstić information content (AvgIpc) is 3.85. The van der Waals surface area contributed by atoms with E-state index in [1.165, 1.54) is 12.7 Å². The molecule has 2 atom stereocenters. The van der Waals surface area contributed by atoms with E-state index in [9.17, 15) is 14.4 Å². The Balaban J connectivity index is 1.25. The Bertz CT molecular complexity index is 1620. The lowest BCUT2D eigenvalue weighted by Crippen LogP contribution is -2.38. The van der Waals surface area contributed by atoms with Gasteiger partial charge in [-0.15, -0.1) is 0 Å². The molecule has 2 aliphatic rings. The van der Waals surface area contributed by atoms with Crippen LogP contribution in [-0.2, 0) is 40.3 Å².